The first-order chi connectivity index (χ1) is 9.88. The van der Waals surface area contributed by atoms with Crippen molar-refractivity contribution in [1.82, 2.24) is 10.2 Å². The largest absolute Gasteiger partial charge is 0.364 e. The third kappa shape index (κ3) is 3.28. The average Bonchev–Trinajstić information content (AvgIpc) is 2.44. The van der Waals surface area contributed by atoms with Crippen LogP contribution in [0.5, 0.6) is 0 Å². The van der Waals surface area contributed by atoms with E-state index in [2.05, 4.69) is 10.2 Å². The van der Waals surface area contributed by atoms with Crippen LogP contribution in [0, 0.1) is 17.5 Å². The van der Waals surface area contributed by atoms with Crippen LogP contribution in [0.2, 0.25) is 0 Å². The highest BCUT2D eigenvalue weighted by Crippen LogP contribution is 2.17. The average molecular weight is 296 g/mol. The molecule has 2 N–H and O–H groups in total. The van der Waals surface area contributed by atoms with Gasteiger partial charge < -0.3 is 10.6 Å². The Labute approximate surface area is 118 Å². The number of rotatable bonds is 4. The molecule has 1 heterocycles. The van der Waals surface area contributed by atoms with Gasteiger partial charge in [-0.1, -0.05) is 0 Å². The molecule has 0 spiro atoms. The Morgan fingerprint density at radius 3 is 2.29 bits per heavy atom. The number of hydrogen-bond donors (Lipinski definition) is 1. The zero-order chi connectivity index (χ0) is 15.6. The molecule has 0 atom stereocenters. The minimum atomic E-state index is -1.51. The van der Waals surface area contributed by atoms with Crippen LogP contribution in [0.4, 0.5) is 19.0 Å². The van der Waals surface area contributed by atoms with Crippen molar-refractivity contribution in [1.29, 1.82) is 0 Å². The van der Waals surface area contributed by atoms with E-state index in [4.69, 9.17) is 5.73 Å². The van der Waals surface area contributed by atoms with E-state index >= 15 is 0 Å². The van der Waals surface area contributed by atoms with E-state index in [1.807, 2.05) is 0 Å². The van der Waals surface area contributed by atoms with Crippen LogP contribution in [-0.2, 0) is 6.54 Å². The van der Waals surface area contributed by atoms with Gasteiger partial charge in [0, 0.05) is 13.6 Å². The lowest BCUT2D eigenvalue weighted by atomic mass is 10.2. The molecular formula is C13H11F3N4O. The summed E-state index contributed by atoms with van der Waals surface area (Å²) in [4.78, 5) is 12.4. The highest BCUT2D eigenvalue weighted by molar-refractivity contribution is 5.90. The first-order valence-electron chi connectivity index (χ1n) is 5.86. The normalized spacial score (nSPS) is 10.5. The molecule has 2 rings (SSSR count). The standard InChI is InChI=1S/C13H11F3N4O/c1-20(11-3-2-10(13(17)21)18-19-11)6-7-4-8(14)12(16)9(15)5-7/h2-5H,6H2,1H3,(H2,17,21). The van der Waals surface area contributed by atoms with E-state index in [0.717, 1.165) is 12.1 Å². The predicted molar refractivity (Wildman–Crippen MR) is 69.0 cm³/mol. The molecule has 1 amide bonds. The summed E-state index contributed by atoms with van der Waals surface area (Å²) in [6, 6.07) is 4.68. The van der Waals surface area contributed by atoms with Crippen molar-refractivity contribution in [2.45, 2.75) is 6.54 Å². The topological polar surface area (TPSA) is 72.1 Å². The van der Waals surface area contributed by atoms with E-state index in [1.54, 1.807) is 7.05 Å². The van der Waals surface area contributed by atoms with Crippen molar-refractivity contribution in [3.63, 3.8) is 0 Å². The minimum absolute atomic E-state index is 0.00558. The number of carbonyl (C=O) groups is 1. The number of hydrogen-bond acceptors (Lipinski definition) is 4. The Hall–Kier alpha value is -2.64. The number of anilines is 1. The van der Waals surface area contributed by atoms with Gasteiger partial charge in [0.2, 0.25) is 0 Å². The second-order valence-electron chi connectivity index (χ2n) is 4.37. The van der Waals surface area contributed by atoms with E-state index in [0.29, 0.717) is 5.82 Å². The first kappa shape index (κ1) is 14.8. The summed E-state index contributed by atoms with van der Waals surface area (Å²) in [7, 11) is 1.60. The number of nitrogens with zero attached hydrogens (tertiary/aromatic N) is 3. The summed E-state index contributed by atoms with van der Waals surface area (Å²) in [6.07, 6.45) is 0. The minimum Gasteiger partial charge on any atom is -0.364 e. The third-order valence-electron chi connectivity index (χ3n) is 2.76. The molecule has 0 fully saturated rings. The van der Waals surface area contributed by atoms with Crippen molar-refractivity contribution in [3.8, 4) is 0 Å². The van der Waals surface area contributed by atoms with Crippen LogP contribution in [0.15, 0.2) is 24.3 Å². The molecule has 0 unspecified atom stereocenters. The molecule has 1 aromatic carbocycles. The Morgan fingerprint density at radius 1 is 1.19 bits per heavy atom. The highest BCUT2D eigenvalue weighted by Gasteiger charge is 2.13. The molecule has 0 aliphatic heterocycles. The quantitative estimate of drug-likeness (QED) is 0.870. The van der Waals surface area contributed by atoms with Crippen LogP contribution < -0.4 is 10.6 Å². The van der Waals surface area contributed by atoms with Gasteiger partial charge in [0.05, 0.1) is 0 Å². The lowest BCUT2D eigenvalue weighted by molar-refractivity contribution is 0.0994. The first-order valence-corrected chi connectivity index (χ1v) is 5.86. The molecule has 0 bridgehead atoms. The molecule has 110 valence electrons. The fraction of sp³-hybridized carbons (Fsp3) is 0.154. The van der Waals surface area contributed by atoms with E-state index < -0.39 is 23.4 Å². The summed E-state index contributed by atoms with van der Waals surface area (Å²) < 4.78 is 39.1. The molecule has 5 nitrogen and oxygen atoms in total. The van der Waals surface area contributed by atoms with Crippen molar-refractivity contribution >= 4 is 11.7 Å². The number of aromatic nitrogens is 2. The fourth-order valence-electron chi connectivity index (χ4n) is 1.71. The molecule has 0 radical (unpaired) electrons. The van der Waals surface area contributed by atoms with Gasteiger partial charge in [-0.15, -0.1) is 10.2 Å². The van der Waals surface area contributed by atoms with Crippen LogP contribution in [-0.4, -0.2) is 23.2 Å². The third-order valence-corrected chi connectivity index (χ3v) is 2.76. The van der Waals surface area contributed by atoms with Crippen molar-refractivity contribution in [2.75, 3.05) is 11.9 Å². The van der Waals surface area contributed by atoms with E-state index in [-0.39, 0.29) is 17.8 Å². The molecule has 0 saturated heterocycles. The van der Waals surface area contributed by atoms with E-state index in [1.165, 1.54) is 17.0 Å². The second-order valence-corrected chi connectivity index (χ2v) is 4.37. The number of nitrogens with two attached hydrogens (primary N) is 1. The van der Waals surface area contributed by atoms with Gasteiger partial charge >= 0.3 is 0 Å². The maximum absolute atomic E-state index is 13.1. The highest BCUT2D eigenvalue weighted by atomic mass is 19.2. The SMILES string of the molecule is CN(Cc1cc(F)c(F)c(F)c1)c1ccc(C(N)=O)nn1. The zero-order valence-electron chi connectivity index (χ0n) is 11.0. The van der Waals surface area contributed by atoms with E-state index in [9.17, 15) is 18.0 Å². The lowest BCUT2D eigenvalue weighted by Gasteiger charge is -2.17. The van der Waals surface area contributed by atoms with Gasteiger partial charge in [0.25, 0.3) is 5.91 Å². The zero-order valence-corrected chi connectivity index (χ0v) is 11.0. The van der Waals surface area contributed by atoms with Gasteiger partial charge in [-0.3, -0.25) is 4.79 Å². The molecule has 2 aromatic rings. The molecule has 8 heteroatoms. The second kappa shape index (κ2) is 5.78. The molecule has 0 saturated carbocycles. The van der Waals surface area contributed by atoms with Crippen LogP contribution >= 0.6 is 0 Å². The predicted octanol–water partition coefficient (Wildman–Crippen LogP) is 1.63. The van der Waals surface area contributed by atoms with Gasteiger partial charge in [0.15, 0.2) is 29.0 Å². The smallest absolute Gasteiger partial charge is 0.269 e. The van der Waals surface area contributed by atoms with Gasteiger partial charge in [-0.2, -0.15) is 0 Å². The van der Waals surface area contributed by atoms with Crippen LogP contribution in [0.25, 0.3) is 0 Å². The Balaban J connectivity index is 2.17. The van der Waals surface area contributed by atoms with Crippen LogP contribution in [0.1, 0.15) is 16.1 Å². The molecular weight excluding hydrogens is 285 g/mol. The Morgan fingerprint density at radius 2 is 1.81 bits per heavy atom. The maximum Gasteiger partial charge on any atom is 0.269 e. The number of benzene rings is 1. The summed E-state index contributed by atoms with van der Waals surface area (Å²) in [5.74, 6) is -4.36. The fourth-order valence-corrected chi connectivity index (χ4v) is 1.71. The summed E-state index contributed by atoms with van der Waals surface area (Å²) >= 11 is 0. The molecule has 0 aliphatic rings. The monoisotopic (exact) mass is 296 g/mol. The van der Waals surface area contributed by atoms with Crippen molar-refractivity contribution in [2.24, 2.45) is 5.73 Å². The van der Waals surface area contributed by atoms with Crippen molar-refractivity contribution in [3.05, 3.63) is 53.0 Å². The Kier molecular flexibility index (Phi) is 4.06. The molecule has 21 heavy (non-hydrogen) atoms. The summed E-state index contributed by atoms with van der Waals surface area (Å²) in [5, 5.41) is 7.39. The van der Waals surface area contributed by atoms with Crippen LogP contribution in [0.3, 0.4) is 0 Å². The molecule has 1 aromatic heterocycles. The number of amides is 1. The van der Waals surface area contributed by atoms with Gasteiger partial charge in [-0.25, -0.2) is 13.2 Å². The number of primary amides is 1. The van der Waals surface area contributed by atoms with Crippen molar-refractivity contribution < 1.29 is 18.0 Å². The maximum atomic E-state index is 13.1. The number of carbonyl (C=O) groups excluding carboxylic acids is 1. The summed E-state index contributed by atoms with van der Waals surface area (Å²) in [6.45, 7) is 0.0821. The molecule has 0 aliphatic carbocycles. The summed E-state index contributed by atoms with van der Waals surface area (Å²) in [5.41, 5.74) is 5.27. The number of halogens is 3. The lowest BCUT2D eigenvalue weighted by Crippen LogP contribution is -2.20. The van der Waals surface area contributed by atoms with Gasteiger partial charge in [0.1, 0.15) is 0 Å². The van der Waals surface area contributed by atoms with Gasteiger partial charge in [-0.05, 0) is 29.8 Å². The Bertz CT molecular complexity index is 653.